The predicted molar refractivity (Wildman–Crippen MR) is 74.0 cm³/mol. The van der Waals surface area contributed by atoms with E-state index in [-0.39, 0.29) is 0 Å². The smallest absolute Gasteiger partial charge is 0.252 e. The van der Waals surface area contributed by atoms with Crippen molar-refractivity contribution in [2.45, 2.75) is 22.8 Å². The van der Waals surface area contributed by atoms with Crippen LogP contribution in [0.5, 0.6) is 0 Å². The summed E-state index contributed by atoms with van der Waals surface area (Å²) in [5, 5.41) is 2.08. The summed E-state index contributed by atoms with van der Waals surface area (Å²) in [4.78, 5) is 0. The van der Waals surface area contributed by atoms with Gasteiger partial charge in [0.25, 0.3) is 10.0 Å². The lowest BCUT2D eigenvalue weighted by Crippen LogP contribution is -2.41. The molecular formula is C10H16N2O2S3. The number of nitrogen functional groups attached to an aromatic ring is 1. The summed E-state index contributed by atoms with van der Waals surface area (Å²) >= 11 is 3.05. The number of sulfonamides is 1. The second-order valence-electron chi connectivity index (χ2n) is 3.96. The molecule has 1 saturated heterocycles. The van der Waals surface area contributed by atoms with Crippen molar-refractivity contribution in [3.8, 4) is 0 Å². The van der Waals surface area contributed by atoms with Crippen LogP contribution in [0.15, 0.2) is 15.7 Å². The SMILES string of the molecule is CCC1CN(S(=O)(=O)c2cc(N)cs2)CCS1. The van der Waals surface area contributed by atoms with Crippen LogP contribution in [0.3, 0.4) is 0 Å². The Morgan fingerprint density at radius 2 is 2.35 bits per heavy atom. The van der Waals surface area contributed by atoms with Crippen molar-refractivity contribution in [3.63, 3.8) is 0 Å². The van der Waals surface area contributed by atoms with Gasteiger partial charge in [-0.05, 0) is 12.5 Å². The molecule has 1 aliphatic rings. The molecule has 1 fully saturated rings. The van der Waals surface area contributed by atoms with Gasteiger partial charge < -0.3 is 5.73 Å². The quantitative estimate of drug-likeness (QED) is 0.923. The fourth-order valence-corrected chi connectivity index (χ4v) is 5.86. The molecule has 2 heterocycles. The third kappa shape index (κ3) is 2.78. The first-order valence-corrected chi connectivity index (χ1v) is 8.86. The topological polar surface area (TPSA) is 63.4 Å². The number of rotatable bonds is 3. The van der Waals surface area contributed by atoms with E-state index >= 15 is 0 Å². The van der Waals surface area contributed by atoms with Gasteiger partial charge >= 0.3 is 0 Å². The zero-order chi connectivity index (χ0) is 12.5. The predicted octanol–water partition coefficient (Wildman–Crippen LogP) is 1.85. The molecule has 0 aliphatic carbocycles. The maximum Gasteiger partial charge on any atom is 0.252 e. The van der Waals surface area contributed by atoms with Gasteiger partial charge in [0.05, 0.1) is 0 Å². The minimum Gasteiger partial charge on any atom is -0.398 e. The second kappa shape index (κ2) is 5.17. The van der Waals surface area contributed by atoms with E-state index in [0.717, 1.165) is 12.2 Å². The summed E-state index contributed by atoms with van der Waals surface area (Å²) in [5.74, 6) is 0.874. The number of nitrogens with two attached hydrogens (primary N) is 1. The van der Waals surface area contributed by atoms with Crippen LogP contribution in [0.25, 0.3) is 0 Å². The van der Waals surface area contributed by atoms with E-state index in [2.05, 4.69) is 6.92 Å². The Labute approximate surface area is 110 Å². The van der Waals surface area contributed by atoms with Gasteiger partial charge in [-0.1, -0.05) is 6.92 Å². The molecule has 17 heavy (non-hydrogen) atoms. The molecule has 0 amide bonds. The zero-order valence-electron chi connectivity index (χ0n) is 9.63. The molecule has 4 nitrogen and oxygen atoms in total. The number of anilines is 1. The molecule has 7 heteroatoms. The summed E-state index contributed by atoms with van der Waals surface area (Å²) in [7, 11) is -3.33. The highest BCUT2D eigenvalue weighted by Gasteiger charge is 2.30. The average Bonchev–Trinajstić information content (AvgIpc) is 2.76. The zero-order valence-corrected chi connectivity index (χ0v) is 12.1. The van der Waals surface area contributed by atoms with Crippen LogP contribution in [0.2, 0.25) is 0 Å². The summed E-state index contributed by atoms with van der Waals surface area (Å²) < 4.78 is 26.6. The first kappa shape index (κ1) is 13.2. The number of thiophene rings is 1. The number of thioether (sulfide) groups is 1. The number of nitrogens with zero attached hydrogens (tertiary/aromatic N) is 1. The van der Waals surface area contributed by atoms with Crippen molar-refractivity contribution in [1.29, 1.82) is 0 Å². The molecule has 1 aromatic heterocycles. The summed E-state index contributed by atoms with van der Waals surface area (Å²) in [5.41, 5.74) is 6.10. The molecule has 0 spiro atoms. The molecule has 0 saturated carbocycles. The van der Waals surface area contributed by atoms with Gasteiger partial charge in [-0.3, -0.25) is 0 Å². The fourth-order valence-electron chi connectivity index (χ4n) is 1.75. The van der Waals surface area contributed by atoms with E-state index < -0.39 is 10.0 Å². The van der Waals surface area contributed by atoms with Crippen LogP contribution in [-0.4, -0.2) is 36.8 Å². The molecule has 1 unspecified atom stereocenters. The van der Waals surface area contributed by atoms with Gasteiger partial charge in [-0.2, -0.15) is 16.1 Å². The van der Waals surface area contributed by atoms with Crippen LogP contribution < -0.4 is 5.73 Å². The Morgan fingerprint density at radius 3 is 2.94 bits per heavy atom. The van der Waals surface area contributed by atoms with Gasteiger partial charge in [0.2, 0.25) is 0 Å². The van der Waals surface area contributed by atoms with Gasteiger partial charge in [0.1, 0.15) is 4.21 Å². The van der Waals surface area contributed by atoms with Crippen molar-refractivity contribution >= 4 is 38.8 Å². The van der Waals surface area contributed by atoms with Crippen molar-refractivity contribution in [3.05, 3.63) is 11.4 Å². The first-order chi connectivity index (χ1) is 8.04. The summed E-state index contributed by atoms with van der Waals surface area (Å²) in [6.45, 7) is 3.31. The van der Waals surface area contributed by atoms with Crippen LogP contribution in [-0.2, 0) is 10.0 Å². The maximum atomic E-state index is 12.3. The van der Waals surface area contributed by atoms with E-state index in [9.17, 15) is 8.42 Å². The molecule has 1 aromatic rings. The number of hydrogen-bond donors (Lipinski definition) is 1. The van der Waals surface area contributed by atoms with Crippen LogP contribution in [0.4, 0.5) is 5.69 Å². The standard InChI is InChI=1S/C10H16N2O2S3/c1-2-9-6-12(3-4-15-9)17(13,14)10-5-8(11)7-16-10/h5,7,9H,2-4,6,11H2,1H3. The molecule has 96 valence electrons. The Hall–Kier alpha value is -0.240. The lowest BCUT2D eigenvalue weighted by molar-refractivity contribution is 0.417. The lowest BCUT2D eigenvalue weighted by Gasteiger charge is -2.30. The fraction of sp³-hybridized carbons (Fsp3) is 0.600. The Balaban J connectivity index is 2.21. The first-order valence-electron chi connectivity index (χ1n) is 5.49. The molecular weight excluding hydrogens is 276 g/mol. The van der Waals surface area contributed by atoms with E-state index in [1.165, 1.54) is 11.3 Å². The van der Waals surface area contributed by atoms with E-state index in [1.54, 1.807) is 15.8 Å². The third-order valence-electron chi connectivity index (χ3n) is 2.75. The van der Waals surface area contributed by atoms with Crippen LogP contribution in [0, 0.1) is 0 Å². The Kier molecular flexibility index (Phi) is 4.02. The van der Waals surface area contributed by atoms with Crippen LogP contribution >= 0.6 is 23.1 Å². The van der Waals surface area contributed by atoms with Crippen molar-refractivity contribution in [1.82, 2.24) is 4.31 Å². The van der Waals surface area contributed by atoms with Gasteiger partial charge in [-0.25, -0.2) is 8.42 Å². The van der Waals surface area contributed by atoms with Crippen molar-refractivity contribution in [2.75, 3.05) is 24.6 Å². The molecule has 2 N–H and O–H groups in total. The van der Waals surface area contributed by atoms with Crippen molar-refractivity contribution < 1.29 is 8.42 Å². The van der Waals surface area contributed by atoms with Gasteiger partial charge in [0, 0.05) is 35.2 Å². The highest BCUT2D eigenvalue weighted by Crippen LogP contribution is 2.29. The van der Waals surface area contributed by atoms with E-state index in [1.807, 2.05) is 11.8 Å². The Morgan fingerprint density at radius 1 is 1.59 bits per heavy atom. The molecule has 1 aliphatic heterocycles. The van der Waals surface area contributed by atoms with E-state index in [0.29, 0.717) is 28.2 Å². The normalized spacial score (nSPS) is 22.8. The van der Waals surface area contributed by atoms with Gasteiger partial charge in [-0.15, -0.1) is 11.3 Å². The third-order valence-corrected chi connectivity index (χ3v) is 7.42. The minimum atomic E-state index is -3.33. The molecule has 0 aromatic carbocycles. The van der Waals surface area contributed by atoms with Crippen LogP contribution in [0.1, 0.15) is 13.3 Å². The maximum absolute atomic E-state index is 12.3. The number of hydrogen-bond acceptors (Lipinski definition) is 5. The molecule has 0 bridgehead atoms. The molecule has 1 atom stereocenters. The largest absolute Gasteiger partial charge is 0.398 e. The highest BCUT2D eigenvalue weighted by molar-refractivity contribution is 8.00. The molecule has 2 rings (SSSR count). The average molecular weight is 292 g/mol. The summed E-state index contributed by atoms with van der Waals surface area (Å²) in [6, 6.07) is 1.54. The molecule has 0 radical (unpaired) electrons. The van der Waals surface area contributed by atoms with Crippen molar-refractivity contribution in [2.24, 2.45) is 0 Å². The summed E-state index contributed by atoms with van der Waals surface area (Å²) in [6.07, 6.45) is 1.00. The minimum absolute atomic E-state index is 0.358. The monoisotopic (exact) mass is 292 g/mol. The van der Waals surface area contributed by atoms with Gasteiger partial charge in [0.15, 0.2) is 0 Å². The van der Waals surface area contributed by atoms with E-state index in [4.69, 9.17) is 5.73 Å². The highest BCUT2D eigenvalue weighted by atomic mass is 32.2. The lowest BCUT2D eigenvalue weighted by atomic mass is 10.3. The Bertz CT molecular complexity index is 483. The second-order valence-corrected chi connectivity index (χ2v) is 8.45.